The minimum Gasteiger partial charge on any atom is -0.497 e. The highest BCUT2D eigenvalue weighted by molar-refractivity contribution is 9.10. The number of esters is 1. The first-order valence-electron chi connectivity index (χ1n) is 7.06. The Balaban J connectivity index is 2.87. The molecule has 0 unspecified atom stereocenters. The van der Waals surface area contributed by atoms with E-state index >= 15 is 0 Å². The van der Waals surface area contributed by atoms with Crippen LogP contribution >= 0.6 is 15.9 Å². The largest absolute Gasteiger partial charge is 0.497 e. The molecule has 6 nitrogen and oxygen atoms in total. The maximum atomic E-state index is 11.9. The van der Waals surface area contributed by atoms with Gasteiger partial charge in [-0.15, -0.1) is 0 Å². The van der Waals surface area contributed by atoms with Crippen molar-refractivity contribution in [3.8, 4) is 5.75 Å². The van der Waals surface area contributed by atoms with E-state index in [1.165, 1.54) is 7.11 Å². The van der Waals surface area contributed by atoms with Gasteiger partial charge in [0, 0.05) is 10.9 Å². The third-order valence-electron chi connectivity index (χ3n) is 2.86. The van der Waals surface area contributed by atoms with Crippen molar-refractivity contribution in [1.29, 1.82) is 0 Å². The topological polar surface area (TPSA) is 73.9 Å². The van der Waals surface area contributed by atoms with Crippen molar-refractivity contribution < 1.29 is 23.8 Å². The molecule has 1 atom stereocenters. The van der Waals surface area contributed by atoms with Crippen LogP contribution in [0.25, 0.3) is 0 Å². The van der Waals surface area contributed by atoms with E-state index in [4.69, 9.17) is 14.2 Å². The van der Waals surface area contributed by atoms with Gasteiger partial charge in [0.05, 0.1) is 14.2 Å². The fourth-order valence-electron chi connectivity index (χ4n) is 1.83. The van der Waals surface area contributed by atoms with Gasteiger partial charge in [-0.25, -0.2) is 9.59 Å². The van der Waals surface area contributed by atoms with E-state index < -0.39 is 23.7 Å². The molecule has 1 aromatic carbocycles. The summed E-state index contributed by atoms with van der Waals surface area (Å²) in [7, 11) is 2.85. The Morgan fingerprint density at radius 1 is 1.26 bits per heavy atom. The van der Waals surface area contributed by atoms with E-state index in [2.05, 4.69) is 21.2 Å². The van der Waals surface area contributed by atoms with Gasteiger partial charge in [0.15, 0.2) is 0 Å². The molecule has 1 rings (SSSR count). The van der Waals surface area contributed by atoms with Crippen LogP contribution in [0.3, 0.4) is 0 Å². The quantitative estimate of drug-likeness (QED) is 0.785. The molecule has 1 N–H and O–H groups in total. The Kier molecular flexibility index (Phi) is 6.87. The molecule has 0 aromatic heterocycles. The van der Waals surface area contributed by atoms with E-state index in [9.17, 15) is 9.59 Å². The van der Waals surface area contributed by atoms with Gasteiger partial charge < -0.3 is 19.5 Å². The molecule has 128 valence electrons. The molecule has 0 aliphatic heterocycles. The second-order valence-corrected chi connectivity index (χ2v) is 6.74. The van der Waals surface area contributed by atoms with Crippen molar-refractivity contribution in [1.82, 2.24) is 5.32 Å². The molecular formula is C16H22BrNO5. The Labute approximate surface area is 144 Å². The number of hydrogen-bond acceptors (Lipinski definition) is 5. The number of methoxy groups -OCH3 is 2. The lowest BCUT2D eigenvalue weighted by atomic mass is 10.1. The second kappa shape index (κ2) is 8.19. The minimum absolute atomic E-state index is 0.260. The number of alkyl carbamates (subject to hydrolysis) is 1. The molecule has 23 heavy (non-hydrogen) atoms. The molecule has 0 aliphatic carbocycles. The summed E-state index contributed by atoms with van der Waals surface area (Å²) in [6.45, 7) is 5.25. The first-order valence-corrected chi connectivity index (χ1v) is 7.85. The van der Waals surface area contributed by atoms with Crippen molar-refractivity contribution in [2.24, 2.45) is 0 Å². The summed E-state index contributed by atoms with van der Waals surface area (Å²) in [6, 6.07) is 4.54. The Morgan fingerprint density at radius 3 is 2.39 bits per heavy atom. The van der Waals surface area contributed by atoms with Gasteiger partial charge in [-0.05, 0) is 38.5 Å². The van der Waals surface area contributed by atoms with Crippen LogP contribution in [0.4, 0.5) is 4.79 Å². The van der Waals surface area contributed by atoms with E-state index in [0.717, 1.165) is 10.0 Å². The molecule has 0 aliphatic rings. The molecule has 7 heteroatoms. The van der Waals surface area contributed by atoms with Crippen molar-refractivity contribution >= 4 is 28.0 Å². The number of benzene rings is 1. The average molecular weight is 388 g/mol. The SMILES string of the molecule is COC(=O)[C@@H](Cc1ccc(OC)cc1Br)NC(=O)OC(C)(C)C. The average Bonchev–Trinajstić information content (AvgIpc) is 2.45. The van der Waals surface area contributed by atoms with Gasteiger partial charge in [0.25, 0.3) is 0 Å². The monoisotopic (exact) mass is 387 g/mol. The summed E-state index contributed by atoms with van der Waals surface area (Å²) >= 11 is 3.43. The molecule has 0 heterocycles. The van der Waals surface area contributed by atoms with Crippen LogP contribution in [0.1, 0.15) is 26.3 Å². The highest BCUT2D eigenvalue weighted by atomic mass is 79.9. The Bertz CT molecular complexity index is 568. The predicted molar refractivity (Wildman–Crippen MR) is 89.6 cm³/mol. The van der Waals surface area contributed by atoms with Crippen molar-refractivity contribution in [2.45, 2.75) is 38.8 Å². The second-order valence-electron chi connectivity index (χ2n) is 5.88. The van der Waals surface area contributed by atoms with Crippen LogP contribution in [-0.4, -0.2) is 37.9 Å². The van der Waals surface area contributed by atoms with Gasteiger partial charge in [0.1, 0.15) is 17.4 Å². The summed E-state index contributed by atoms with van der Waals surface area (Å²) in [5.74, 6) is 0.147. The van der Waals surface area contributed by atoms with Crippen LogP contribution in [0.5, 0.6) is 5.75 Å². The zero-order valence-electron chi connectivity index (χ0n) is 13.9. The molecule has 0 saturated carbocycles. The molecule has 0 saturated heterocycles. The predicted octanol–water partition coefficient (Wildman–Crippen LogP) is 3.07. The third-order valence-corrected chi connectivity index (χ3v) is 3.60. The van der Waals surface area contributed by atoms with E-state index in [0.29, 0.717) is 5.75 Å². The number of amides is 1. The van der Waals surface area contributed by atoms with Crippen LogP contribution in [-0.2, 0) is 20.7 Å². The van der Waals surface area contributed by atoms with Crippen LogP contribution in [0, 0.1) is 0 Å². The van der Waals surface area contributed by atoms with E-state index in [1.807, 2.05) is 6.07 Å². The van der Waals surface area contributed by atoms with Crippen LogP contribution in [0.15, 0.2) is 22.7 Å². The maximum Gasteiger partial charge on any atom is 0.408 e. The standard InChI is InChI=1S/C16H22BrNO5/c1-16(2,3)23-15(20)18-13(14(19)22-5)8-10-6-7-11(21-4)9-12(10)17/h6-7,9,13H,8H2,1-5H3,(H,18,20)/t13-/m1/s1. The number of ether oxygens (including phenoxy) is 3. The molecule has 1 amide bonds. The number of carbonyl (C=O) groups is 2. The van der Waals surface area contributed by atoms with Gasteiger partial charge in [-0.1, -0.05) is 22.0 Å². The van der Waals surface area contributed by atoms with E-state index in [1.54, 1.807) is 40.0 Å². The van der Waals surface area contributed by atoms with Gasteiger partial charge in [-0.2, -0.15) is 0 Å². The van der Waals surface area contributed by atoms with Gasteiger partial charge in [0.2, 0.25) is 0 Å². The van der Waals surface area contributed by atoms with Crippen LogP contribution < -0.4 is 10.1 Å². The molecule has 0 spiro atoms. The van der Waals surface area contributed by atoms with Gasteiger partial charge in [-0.3, -0.25) is 0 Å². The summed E-state index contributed by atoms with van der Waals surface area (Å²) in [5, 5.41) is 2.54. The van der Waals surface area contributed by atoms with Gasteiger partial charge >= 0.3 is 12.1 Å². The first kappa shape index (κ1) is 19.3. The minimum atomic E-state index is -0.848. The number of carbonyl (C=O) groups excluding carboxylic acids is 2. The molecular weight excluding hydrogens is 366 g/mol. The first-order chi connectivity index (χ1) is 10.7. The molecule has 0 bridgehead atoms. The van der Waals surface area contributed by atoms with Crippen molar-refractivity contribution in [3.63, 3.8) is 0 Å². The van der Waals surface area contributed by atoms with E-state index in [-0.39, 0.29) is 6.42 Å². The number of halogens is 1. The third kappa shape index (κ3) is 6.48. The number of nitrogens with one attached hydrogen (secondary N) is 1. The normalized spacial score (nSPS) is 12.3. The van der Waals surface area contributed by atoms with Crippen molar-refractivity contribution in [2.75, 3.05) is 14.2 Å². The lowest BCUT2D eigenvalue weighted by molar-refractivity contribution is -0.143. The summed E-state index contributed by atoms with van der Waals surface area (Å²) in [6.07, 6.45) is -0.409. The zero-order valence-corrected chi connectivity index (χ0v) is 15.5. The number of rotatable bonds is 5. The maximum absolute atomic E-state index is 11.9. The van der Waals surface area contributed by atoms with Crippen molar-refractivity contribution in [3.05, 3.63) is 28.2 Å². The Morgan fingerprint density at radius 2 is 1.91 bits per heavy atom. The lowest BCUT2D eigenvalue weighted by Crippen LogP contribution is -2.45. The molecule has 1 aromatic rings. The number of hydrogen-bond donors (Lipinski definition) is 1. The molecule has 0 fully saturated rings. The fourth-order valence-corrected chi connectivity index (χ4v) is 2.35. The lowest BCUT2D eigenvalue weighted by Gasteiger charge is -2.23. The highest BCUT2D eigenvalue weighted by Gasteiger charge is 2.26. The highest BCUT2D eigenvalue weighted by Crippen LogP contribution is 2.24. The summed E-state index contributed by atoms with van der Waals surface area (Å²) < 4.78 is 15.8. The zero-order chi connectivity index (χ0) is 17.6. The summed E-state index contributed by atoms with van der Waals surface area (Å²) in [5.41, 5.74) is 0.183. The summed E-state index contributed by atoms with van der Waals surface area (Å²) in [4.78, 5) is 23.8. The smallest absolute Gasteiger partial charge is 0.408 e. The van der Waals surface area contributed by atoms with Crippen LogP contribution in [0.2, 0.25) is 0 Å². The molecule has 0 radical (unpaired) electrons. The Hall–Kier alpha value is -1.76. The fraction of sp³-hybridized carbons (Fsp3) is 0.500.